The summed E-state index contributed by atoms with van der Waals surface area (Å²) >= 11 is 0. The lowest BCUT2D eigenvalue weighted by Crippen LogP contribution is -2.39. The van der Waals surface area contributed by atoms with Gasteiger partial charge >= 0.3 is 0 Å². The highest BCUT2D eigenvalue weighted by molar-refractivity contribution is 5.79. The van der Waals surface area contributed by atoms with Crippen molar-refractivity contribution in [2.45, 2.75) is 46.0 Å². The van der Waals surface area contributed by atoms with Crippen LogP contribution < -0.4 is 11.3 Å². The van der Waals surface area contributed by atoms with Crippen LogP contribution in [0.4, 0.5) is 5.95 Å². The normalized spacial score (nSPS) is 15.3. The monoisotopic (exact) mass is 356 g/mol. The highest BCUT2D eigenvalue weighted by Gasteiger charge is 2.26. The van der Waals surface area contributed by atoms with Gasteiger partial charge in [-0.05, 0) is 33.6 Å². The van der Waals surface area contributed by atoms with Gasteiger partial charge < -0.3 is 15.6 Å². The summed E-state index contributed by atoms with van der Waals surface area (Å²) in [6.45, 7) is 6.79. The van der Waals surface area contributed by atoms with Crippen molar-refractivity contribution < 1.29 is 4.79 Å². The zero-order chi connectivity index (χ0) is 18.8. The quantitative estimate of drug-likeness (QED) is 0.847. The number of rotatable bonds is 3. The number of nitrogens with zero attached hydrogens (tertiary/aromatic N) is 4. The first-order valence-electron chi connectivity index (χ1n) is 8.78. The summed E-state index contributed by atoms with van der Waals surface area (Å²) in [6, 6.07) is 1.56. The predicted molar refractivity (Wildman–Crippen MR) is 97.8 cm³/mol. The molecule has 0 bridgehead atoms. The summed E-state index contributed by atoms with van der Waals surface area (Å²) in [5.74, 6) is 1.14. The average Bonchev–Trinajstić information content (AvgIpc) is 2.57. The summed E-state index contributed by atoms with van der Waals surface area (Å²) in [5.41, 5.74) is 8.69. The van der Waals surface area contributed by atoms with E-state index in [0.29, 0.717) is 18.9 Å². The number of nitrogens with one attached hydrogen (secondary N) is 1. The number of carbonyl (C=O) groups is 1. The number of nitrogen functional groups attached to an aromatic ring is 1. The van der Waals surface area contributed by atoms with Crippen LogP contribution in [0, 0.1) is 20.8 Å². The van der Waals surface area contributed by atoms with E-state index in [1.807, 2.05) is 18.7 Å². The van der Waals surface area contributed by atoms with Crippen molar-refractivity contribution in [1.29, 1.82) is 0 Å². The Kier molecular flexibility index (Phi) is 5.01. The molecule has 1 aliphatic heterocycles. The molecule has 8 heteroatoms. The standard InChI is InChI=1S/C18H24N6O2/c1-10-14(11(2)21-18(19)20-10)8-17(26)24-6-4-13(5-7-24)15-9-16(25)23-12(3)22-15/h9,13H,4-8H2,1-3H3,(H2,19,20,21)(H,22,23,25). The van der Waals surface area contributed by atoms with Gasteiger partial charge in [0.05, 0.1) is 12.1 Å². The Labute approximate surface area is 151 Å². The average molecular weight is 356 g/mol. The Morgan fingerprint density at radius 1 is 1.19 bits per heavy atom. The molecule has 1 fully saturated rings. The third-order valence-electron chi connectivity index (χ3n) is 4.91. The molecule has 0 spiro atoms. The van der Waals surface area contributed by atoms with Gasteiger partial charge in [-0.25, -0.2) is 15.0 Å². The molecular weight excluding hydrogens is 332 g/mol. The van der Waals surface area contributed by atoms with E-state index in [4.69, 9.17) is 5.73 Å². The lowest BCUT2D eigenvalue weighted by molar-refractivity contribution is -0.131. The molecule has 1 amide bonds. The zero-order valence-corrected chi connectivity index (χ0v) is 15.4. The molecule has 3 N–H and O–H groups in total. The largest absolute Gasteiger partial charge is 0.368 e. The maximum absolute atomic E-state index is 12.7. The van der Waals surface area contributed by atoms with E-state index >= 15 is 0 Å². The summed E-state index contributed by atoms with van der Waals surface area (Å²) in [4.78, 5) is 41.6. The molecule has 1 aliphatic rings. The molecule has 0 radical (unpaired) electrons. The first-order chi connectivity index (χ1) is 12.3. The molecule has 8 nitrogen and oxygen atoms in total. The molecule has 0 saturated carbocycles. The minimum absolute atomic E-state index is 0.0677. The zero-order valence-electron chi connectivity index (χ0n) is 15.4. The van der Waals surface area contributed by atoms with E-state index in [1.165, 1.54) is 0 Å². The number of amides is 1. The smallest absolute Gasteiger partial charge is 0.251 e. The predicted octanol–water partition coefficient (Wildman–Crippen LogP) is 1.02. The van der Waals surface area contributed by atoms with Crippen LogP contribution >= 0.6 is 0 Å². The molecule has 0 aliphatic carbocycles. The van der Waals surface area contributed by atoms with E-state index in [9.17, 15) is 9.59 Å². The number of nitrogens with two attached hydrogens (primary N) is 1. The topological polar surface area (TPSA) is 118 Å². The minimum Gasteiger partial charge on any atom is -0.368 e. The van der Waals surface area contributed by atoms with Crippen molar-refractivity contribution in [2.24, 2.45) is 0 Å². The van der Waals surface area contributed by atoms with Gasteiger partial charge in [0.15, 0.2) is 0 Å². The molecule has 0 atom stereocenters. The number of aryl methyl sites for hydroxylation is 3. The summed E-state index contributed by atoms with van der Waals surface area (Å²) < 4.78 is 0. The second-order valence-corrected chi connectivity index (χ2v) is 6.82. The van der Waals surface area contributed by atoms with Crippen LogP contribution in [0.3, 0.4) is 0 Å². The summed E-state index contributed by atoms with van der Waals surface area (Å²) in [6.07, 6.45) is 1.89. The number of likely N-dealkylation sites (tertiary alicyclic amines) is 1. The van der Waals surface area contributed by atoms with Crippen molar-refractivity contribution in [3.05, 3.63) is 44.9 Å². The van der Waals surface area contributed by atoms with E-state index in [2.05, 4.69) is 19.9 Å². The fraction of sp³-hybridized carbons (Fsp3) is 0.500. The second-order valence-electron chi connectivity index (χ2n) is 6.82. The van der Waals surface area contributed by atoms with Crippen LogP contribution in [0.15, 0.2) is 10.9 Å². The molecule has 1 saturated heterocycles. The first kappa shape index (κ1) is 18.0. The van der Waals surface area contributed by atoms with Crippen LogP contribution in [0.2, 0.25) is 0 Å². The highest BCUT2D eigenvalue weighted by Crippen LogP contribution is 2.26. The van der Waals surface area contributed by atoms with Gasteiger partial charge in [-0.15, -0.1) is 0 Å². The van der Waals surface area contributed by atoms with Crippen molar-refractivity contribution >= 4 is 11.9 Å². The fourth-order valence-electron chi connectivity index (χ4n) is 3.52. The summed E-state index contributed by atoms with van der Waals surface area (Å²) in [5, 5.41) is 0. The number of aromatic nitrogens is 4. The lowest BCUT2D eigenvalue weighted by Gasteiger charge is -2.32. The highest BCUT2D eigenvalue weighted by atomic mass is 16.2. The lowest BCUT2D eigenvalue weighted by atomic mass is 9.93. The molecular formula is C18H24N6O2. The van der Waals surface area contributed by atoms with Crippen molar-refractivity contribution in [3.63, 3.8) is 0 Å². The SMILES string of the molecule is Cc1nc(C2CCN(C(=O)Cc3c(C)nc(N)nc3C)CC2)cc(=O)[nH]1. The molecule has 3 heterocycles. The first-order valence-corrected chi connectivity index (χ1v) is 8.78. The van der Waals surface area contributed by atoms with E-state index in [1.54, 1.807) is 13.0 Å². The Hall–Kier alpha value is -2.77. The number of anilines is 1. The number of hydrogen-bond donors (Lipinski definition) is 2. The molecule has 26 heavy (non-hydrogen) atoms. The molecule has 0 unspecified atom stereocenters. The Morgan fingerprint density at radius 2 is 1.81 bits per heavy atom. The Balaban J connectivity index is 1.65. The van der Waals surface area contributed by atoms with E-state index in [-0.39, 0.29) is 29.8 Å². The van der Waals surface area contributed by atoms with Crippen LogP contribution in [0.25, 0.3) is 0 Å². The van der Waals surface area contributed by atoms with Crippen molar-refractivity contribution in [1.82, 2.24) is 24.8 Å². The Bertz CT molecular complexity index is 860. The molecule has 2 aromatic rings. The van der Waals surface area contributed by atoms with Gasteiger partial charge in [0.2, 0.25) is 11.9 Å². The van der Waals surface area contributed by atoms with Crippen LogP contribution in [-0.4, -0.2) is 43.8 Å². The van der Waals surface area contributed by atoms with Crippen molar-refractivity contribution in [2.75, 3.05) is 18.8 Å². The van der Waals surface area contributed by atoms with Gasteiger partial charge in [-0.1, -0.05) is 0 Å². The third kappa shape index (κ3) is 3.89. The molecule has 3 rings (SSSR count). The minimum atomic E-state index is -0.125. The maximum Gasteiger partial charge on any atom is 0.251 e. The fourth-order valence-corrected chi connectivity index (χ4v) is 3.52. The summed E-state index contributed by atoms with van der Waals surface area (Å²) in [7, 11) is 0. The van der Waals surface area contributed by atoms with Crippen molar-refractivity contribution in [3.8, 4) is 0 Å². The van der Waals surface area contributed by atoms with Gasteiger partial charge in [-0.2, -0.15) is 0 Å². The molecule has 138 valence electrons. The van der Waals surface area contributed by atoms with Gasteiger partial charge in [0.25, 0.3) is 5.56 Å². The number of piperidine rings is 1. The van der Waals surface area contributed by atoms with Gasteiger partial charge in [0.1, 0.15) is 5.82 Å². The van der Waals surface area contributed by atoms with Crippen LogP contribution in [-0.2, 0) is 11.2 Å². The molecule has 0 aromatic carbocycles. The van der Waals surface area contributed by atoms with E-state index in [0.717, 1.165) is 35.5 Å². The van der Waals surface area contributed by atoms with Gasteiger partial charge in [-0.3, -0.25) is 9.59 Å². The second kappa shape index (κ2) is 7.23. The number of aromatic amines is 1. The number of hydrogen-bond acceptors (Lipinski definition) is 6. The Morgan fingerprint density at radius 3 is 2.38 bits per heavy atom. The maximum atomic E-state index is 12.7. The van der Waals surface area contributed by atoms with E-state index < -0.39 is 0 Å². The van der Waals surface area contributed by atoms with Crippen LogP contribution in [0.5, 0.6) is 0 Å². The van der Waals surface area contributed by atoms with Gasteiger partial charge in [0, 0.05) is 42.0 Å². The van der Waals surface area contributed by atoms with Crippen LogP contribution in [0.1, 0.15) is 47.2 Å². The number of H-pyrrole nitrogens is 1. The number of carbonyl (C=O) groups excluding carboxylic acids is 1. The molecule has 2 aromatic heterocycles. The third-order valence-corrected chi connectivity index (χ3v) is 4.91.